The Hall–Kier alpha value is -3.38. The first-order valence-electron chi connectivity index (χ1n) is 12.7. The zero-order valence-corrected chi connectivity index (χ0v) is 22.1. The molecule has 194 valence electrons. The van der Waals surface area contributed by atoms with Gasteiger partial charge in [-0.15, -0.1) is 0 Å². The summed E-state index contributed by atoms with van der Waals surface area (Å²) in [7, 11) is 0. The molecule has 1 spiro atoms. The van der Waals surface area contributed by atoms with E-state index in [9.17, 15) is 14.9 Å². The van der Waals surface area contributed by atoms with Gasteiger partial charge in [0.05, 0.1) is 29.6 Å². The number of ether oxygens (including phenoxy) is 1. The van der Waals surface area contributed by atoms with Crippen LogP contribution in [-0.4, -0.2) is 58.1 Å². The number of piperazine rings is 1. The van der Waals surface area contributed by atoms with Crippen LogP contribution in [0.3, 0.4) is 0 Å². The maximum atomic E-state index is 13.7. The molecule has 2 atom stereocenters. The average molecular weight is 523 g/mol. The first-order valence-corrected chi connectivity index (χ1v) is 13.1. The molecule has 1 N–H and O–H groups in total. The normalized spacial score (nSPS) is 23.1. The highest BCUT2D eigenvalue weighted by atomic mass is 35.5. The minimum Gasteiger partial charge on any atom is -0.444 e. The van der Waals surface area contributed by atoms with Gasteiger partial charge >= 0.3 is 6.09 Å². The van der Waals surface area contributed by atoms with Crippen LogP contribution in [0.15, 0.2) is 24.3 Å². The summed E-state index contributed by atoms with van der Waals surface area (Å²) in [5.74, 6) is 0.467. The first kappa shape index (κ1) is 25.3. The van der Waals surface area contributed by atoms with Crippen molar-refractivity contribution in [2.45, 2.75) is 69.9 Å². The van der Waals surface area contributed by atoms with Crippen LogP contribution in [0.1, 0.15) is 56.9 Å². The van der Waals surface area contributed by atoms with Crippen molar-refractivity contribution < 1.29 is 14.3 Å². The van der Waals surface area contributed by atoms with Gasteiger partial charge in [-0.3, -0.25) is 4.79 Å². The quantitative estimate of drug-likeness (QED) is 0.587. The number of fused-ring (bicyclic) bond motifs is 3. The maximum Gasteiger partial charge on any atom is 0.410 e. The topological polar surface area (TPSA) is 111 Å². The van der Waals surface area contributed by atoms with Crippen molar-refractivity contribution in [2.75, 3.05) is 29.9 Å². The zero-order chi connectivity index (χ0) is 26.4. The van der Waals surface area contributed by atoms with E-state index in [2.05, 4.69) is 27.4 Å². The minimum absolute atomic E-state index is 0.0553. The summed E-state index contributed by atoms with van der Waals surface area (Å²) in [6.07, 6.45) is 2.76. The number of nitrogens with one attached hydrogen (secondary N) is 1. The van der Waals surface area contributed by atoms with Crippen molar-refractivity contribution in [3.63, 3.8) is 0 Å². The lowest BCUT2D eigenvalue weighted by Gasteiger charge is -2.44. The van der Waals surface area contributed by atoms with Crippen LogP contribution in [0.4, 0.5) is 16.3 Å². The predicted octanol–water partition coefficient (Wildman–Crippen LogP) is 4.24. The Morgan fingerprint density at radius 3 is 2.84 bits per heavy atom. The van der Waals surface area contributed by atoms with Crippen molar-refractivity contribution in [3.8, 4) is 6.07 Å². The van der Waals surface area contributed by atoms with Crippen molar-refractivity contribution in [1.82, 2.24) is 14.9 Å². The number of hydrogen-bond donors (Lipinski definition) is 1. The summed E-state index contributed by atoms with van der Waals surface area (Å²) < 4.78 is 5.57. The highest BCUT2D eigenvalue weighted by Gasteiger charge is 2.48. The summed E-state index contributed by atoms with van der Waals surface area (Å²) in [5.41, 5.74) is 2.20. The van der Waals surface area contributed by atoms with Gasteiger partial charge in [0.2, 0.25) is 11.2 Å². The van der Waals surface area contributed by atoms with Gasteiger partial charge in [0, 0.05) is 26.1 Å². The third kappa shape index (κ3) is 4.71. The molecule has 1 saturated heterocycles. The summed E-state index contributed by atoms with van der Waals surface area (Å²) in [5, 5.41) is 12.7. The van der Waals surface area contributed by atoms with E-state index < -0.39 is 23.2 Å². The van der Waals surface area contributed by atoms with Gasteiger partial charge in [-0.2, -0.15) is 10.2 Å². The third-order valence-corrected chi connectivity index (χ3v) is 7.57. The molecule has 9 nitrogen and oxygen atoms in total. The van der Waals surface area contributed by atoms with E-state index in [4.69, 9.17) is 16.3 Å². The number of hydrogen-bond acceptors (Lipinski definition) is 7. The Kier molecular flexibility index (Phi) is 6.48. The molecule has 10 heteroatoms. The second kappa shape index (κ2) is 9.49. The SMILES string of the molecule is CC(C)(C)OC(=O)N1CCN(c2nc(Cl)nc3c2NC(=O)C2(CCCc4ccccc42)C3)C[C@@H]1CC#N. The predicted molar refractivity (Wildman–Crippen MR) is 140 cm³/mol. The van der Waals surface area contributed by atoms with Crippen LogP contribution in [-0.2, 0) is 27.8 Å². The number of aromatic nitrogens is 2. The molecule has 2 aromatic rings. The van der Waals surface area contributed by atoms with Crippen LogP contribution in [0.25, 0.3) is 0 Å². The minimum atomic E-state index is -0.685. The van der Waals surface area contributed by atoms with Gasteiger partial charge in [0.25, 0.3) is 0 Å². The van der Waals surface area contributed by atoms with Crippen LogP contribution in [0.5, 0.6) is 0 Å². The second-order valence-electron chi connectivity index (χ2n) is 11.0. The highest BCUT2D eigenvalue weighted by molar-refractivity contribution is 6.28. The fourth-order valence-electron chi connectivity index (χ4n) is 5.78. The standard InChI is InChI=1S/C27H31ClN6O3/c1-26(2,3)37-25(36)34-14-13-33(16-18(34)10-12-29)22-21-20(30-24(28)32-22)15-27(23(35)31-21)11-6-8-17-7-4-5-9-19(17)27/h4-5,7,9,18H,6,8,10-11,13-16H2,1-3H3,(H,31,35)/t18-,27?/m0/s1. The van der Waals surface area contributed by atoms with Crippen molar-refractivity contribution >= 4 is 35.1 Å². The molecule has 3 heterocycles. The molecular weight excluding hydrogens is 492 g/mol. The van der Waals surface area contributed by atoms with Crippen LogP contribution in [0.2, 0.25) is 5.28 Å². The monoisotopic (exact) mass is 522 g/mol. The molecule has 5 rings (SSSR count). The van der Waals surface area contributed by atoms with Crippen molar-refractivity contribution in [1.29, 1.82) is 5.26 Å². The molecule has 1 unspecified atom stereocenters. The fraction of sp³-hybridized carbons (Fsp3) is 0.519. The fourth-order valence-corrected chi connectivity index (χ4v) is 5.96. The molecule has 1 fully saturated rings. The van der Waals surface area contributed by atoms with Gasteiger partial charge in [0.1, 0.15) is 11.3 Å². The highest BCUT2D eigenvalue weighted by Crippen LogP contribution is 2.46. The van der Waals surface area contributed by atoms with Crippen LogP contribution in [0, 0.1) is 11.3 Å². The van der Waals surface area contributed by atoms with E-state index in [1.165, 1.54) is 5.56 Å². The van der Waals surface area contributed by atoms with Gasteiger partial charge < -0.3 is 19.9 Å². The van der Waals surface area contributed by atoms with Crippen LogP contribution < -0.4 is 10.2 Å². The smallest absolute Gasteiger partial charge is 0.410 e. The number of aryl methyl sites for hydroxylation is 1. The lowest BCUT2D eigenvalue weighted by molar-refractivity contribution is -0.122. The van der Waals surface area contributed by atoms with Gasteiger partial charge in [0.15, 0.2) is 5.82 Å². The number of carbonyl (C=O) groups is 2. The van der Waals surface area contributed by atoms with E-state index in [-0.39, 0.29) is 17.6 Å². The molecule has 0 saturated carbocycles. The van der Waals surface area contributed by atoms with Gasteiger partial charge in [-0.25, -0.2) is 9.78 Å². The lowest BCUT2D eigenvalue weighted by Crippen LogP contribution is -2.56. The van der Waals surface area contributed by atoms with Crippen LogP contribution >= 0.6 is 11.6 Å². The number of carbonyl (C=O) groups excluding carboxylic acids is 2. The summed E-state index contributed by atoms with van der Waals surface area (Å²) >= 11 is 6.42. The number of benzene rings is 1. The molecule has 2 aliphatic heterocycles. The Labute approximate surface area is 221 Å². The number of rotatable bonds is 2. The Balaban J connectivity index is 1.46. The van der Waals surface area contributed by atoms with Gasteiger partial charge in [-0.1, -0.05) is 24.3 Å². The number of nitrogens with zero attached hydrogens (tertiary/aromatic N) is 5. The summed E-state index contributed by atoms with van der Waals surface area (Å²) in [6, 6.07) is 9.92. The molecular formula is C27H31ClN6O3. The Bertz CT molecular complexity index is 1290. The summed E-state index contributed by atoms with van der Waals surface area (Å²) in [6.45, 7) is 6.60. The van der Waals surface area contributed by atoms with Crippen molar-refractivity contribution in [2.24, 2.45) is 0 Å². The Morgan fingerprint density at radius 1 is 1.30 bits per heavy atom. The molecule has 1 aromatic carbocycles. The first-order chi connectivity index (χ1) is 17.6. The number of anilines is 2. The number of halogens is 1. The third-order valence-electron chi connectivity index (χ3n) is 7.40. The van der Waals surface area contributed by atoms with Gasteiger partial charge in [-0.05, 0) is 62.8 Å². The number of amides is 2. The molecule has 0 radical (unpaired) electrons. The van der Waals surface area contributed by atoms with E-state index in [1.807, 2.05) is 43.9 Å². The second-order valence-corrected chi connectivity index (χ2v) is 11.3. The van der Waals surface area contributed by atoms with E-state index in [1.54, 1.807) is 4.90 Å². The number of nitriles is 1. The maximum absolute atomic E-state index is 13.7. The van der Waals surface area contributed by atoms with Crippen molar-refractivity contribution in [3.05, 3.63) is 46.4 Å². The molecule has 2 amide bonds. The lowest BCUT2D eigenvalue weighted by atomic mass is 9.65. The molecule has 3 aliphatic rings. The van der Waals surface area contributed by atoms with E-state index >= 15 is 0 Å². The average Bonchev–Trinajstić information content (AvgIpc) is 2.84. The molecule has 0 bridgehead atoms. The summed E-state index contributed by atoms with van der Waals surface area (Å²) in [4.78, 5) is 39.2. The molecule has 37 heavy (non-hydrogen) atoms. The largest absolute Gasteiger partial charge is 0.444 e. The zero-order valence-electron chi connectivity index (χ0n) is 21.4. The molecule has 1 aromatic heterocycles. The van der Waals surface area contributed by atoms with E-state index in [0.717, 1.165) is 24.8 Å². The van der Waals surface area contributed by atoms with E-state index in [0.29, 0.717) is 43.3 Å². The molecule has 1 aliphatic carbocycles. The Morgan fingerprint density at radius 2 is 2.08 bits per heavy atom.